The number of hydrogen-bond donors (Lipinski definition) is 1. The minimum absolute atomic E-state index is 0.164. The van der Waals surface area contributed by atoms with Gasteiger partial charge in [-0.2, -0.15) is 0 Å². The fourth-order valence-electron chi connectivity index (χ4n) is 2.99. The highest BCUT2D eigenvalue weighted by Crippen LogP contribution is 2.35. The number of hydrogen-bond acceptors (Lipinski definition) is 5. The quantitative estimate of drug-likeness (QED) is 0.416. The number of amides is 1. The maximum absolute atomic E-state index is 12.9. The first-order chi connectivity index (χ1) is 15.0. The van der Waals surface area contributed by atoms with Gasteiger partial charge in [0.2, 0.25) is 0 Å². The van der Waals surface area contributed by atoms with Crippen LogP contribution in [-0.4, -0.2) is 33.6 Å². The Hall–Kier alpha value is -3.84. The second-order valence-corrected chi connectivity index (χ2v) is 7.64. The predicted octanol–water partition coefficient (Wildman–Crippen LogP) is 5.43. The summed E-state index contributed by atoms with van der Waals surface area (Å²) in [4.78, 5) is 30.6. The van der Waals surface area contributed by atoms with Crippen LogP contribution in [0.5, 0.6) is 0 Å². The summed E-state index contributed by atoms with van der Waals surface area (Å²) in [6.45, 7) is 4.09. The second kappa shape index (κ2) is 8.89. The van der Waals surface area contributed by atoms with Crippen molar-refractivity contribution < 1.29 is 19.1 Å². The van der Waals surface area contributed by atoms with Crippen molar-refractivity contribution in [1.29, 1.82) is 0 Å². The standard InChI is InChI=1S/C24H18N2O4S/c1-2-14-26-22(27)21(31-24(26)25-18-6-4-3-5-7-18)15-19-12-13-20(30-19)16-8-10-17(11-9-16)23(28)29/h2-13,15H,1,14H2,(H,28,29). The van der Waals surface area contributed by atoms with Crippen LogP contribution in [0.4, 0.5) is 5.69 Å². The number of aromatic carboxylic acids is 1. The number of aliphatic imine (C=N–C) groups is 1. The predicted molar refractivity (Wildman–Crippen MR) is 122 cm³/mol. The number of nitrogens with zero attached hydrogens (tertiary/aromatic N) is 2. The summed E-state index contributed by atoms with van der Waals surface area (Å²) in [5.74, 6) is -0.0402. The van der Waals surface area contributed by atoms with Gasteiger partial charge in [-0.3, -0.25) is 9.69 Å². The van der Waals surface area contributed by atoms with Gasteiger partial charge in [0.05, 0.1) is 16.2 Å². The molecule has 2 aromatic carbocycles. The van der Waals surface area contributed by atoms with Gasteiger partial charge in [0.25, 0.3) is 5.91 Å². The molecule has 6 nitrogen and oxygen atoms in total. The number of thioether (sulfide) groups is 1. The van der Waals surface area contributed by atoms with Crippen molar-refractivity contribution >= 4 is 40.6 Å². The molecule has 1 aromatic heterocycles. The Kier molecular flexibility index (Phi) is 5.86. The van der Waals surface area contributed by atoms with Crippen molar-refractivity contribution in [2.45, 2.75) is 0 Å². The fraction of sp³-hybridized carbons (Fsp3) is 0.0417. The maximum atomic E-state index is 12.9. The SMILES string of the molecule is C=CCN1C(=O)C(=Cc2ccc(-c3ccc(C(=O)O)cc3)o2)SC1=Nc1ccccc1. The van der Waals surface area contributed by atoms with E-state index in [0.717, 1.165) is 11.3 Å². The minimum Gasteiger partial charge on any atom is -0.478 e. The van der Waals surface area contributed by atoms with Gasteiger partial charge in [0.15, 0.2) is 5.17 Å². The van der Waals surface area contributed by atoms with Crippen LogP contribution in [0.1, 0.15) is 16.1 Å². The molecule has 31 heavy (non-hydrogen) atoms. The lowest BCUT2D eigenvalue weighted by atomic mass is 10.1. The van der Waals surface area contributed by atoms with E-state index in [9.17, 15) is 9.59 Å². The topological polar surface area (TPSA) is 83.1 Å². The Morgan fingerprint density at radius 3 is 2.52 bits per heavy atom. The number of para-hydroxylation sites is 1. The van der Waals surface area contributed by atoms with Gasteiger partial charge in [-0.25, -0.2) is 9.79 Å². The summed E-state index contributed by atoms with van der Waals surface area (Å²) in [5, 5.41) is 9.61. The molecule has 1 saturated heterocycles. The van der Waals surface area contributed by atoms with Crippen LogP contribution in [0.25, 0.3) is 17.4 Å². The van der Waals surface area contributed by atoms with E-state index in [0.29, 0.717) is 28.1 Å². The lowest BCUT2D eigenvalue weighted by molar-refractivity contribution is -0.121. The van der Waals surface area contributed by atoms with E-state index in [1.54, 1.807) is 41.3 Å². The molecule has 7 heteroatoms. The zero-order chi connectivity index (χ0) is 21.8. The summed E-state index contributed by atoms with van der Waals surface area (Å²) in [6.07, 6.45) is 3.35. The number of carbonyl (C=O) groups excluding carboxylic acids is 1. The van der Waals surface area contributed by atoms with Gasteiger partial charge < -0.3 is 9.52 Å². The van der Waals surface area contributed by atoms with E-state index < -0.39 is 5.97 Å². The van der Waals surface area contributed by atoms with Crippen molar-refractivity contribution in [3.63, 3.8) is 0 Å². The summed E-state index contributed by atoms with van der Waals surface area (Å²) in [6, 6.07) is 19.4. The van der Waals surface area contributed by atoms with Crippen molar-refractivity contribution in [3.8, 4) is 11.3 Å². The van der Waals surface area contributed by atoms with Crippen LogP contribution in [0.3, 0.4) is 0 Å². The van der Waals surface area contributed by atoms with Gasteiger partial charge >= 0.3 is 5.97 Å². The van der Waals surface area contributed by atoms with Crippen LogP contribution >= 0.6 is 11.8 Å². The Labute approximate surface area is 183 Å². The molecule has 0 spiro atoms. The largest absolute Gasteiger partial charge is 0.478 e. The van der Waals surface area contributed by atoms with Gasteiger partial charge in [-0.15, -0.1) is 6.58 Å². The molecular formula is C24H18N2O4S. The van der Waals surface area contributed by atoms with E-state index in [2.05, 4.69) is 11.6 Å². The molecular weight excluding hydrogens is 412 g/mol. The number of benzene rings is 2. The Bertz CT molecular complexity index is 1190. The van der Waals surface area contributed by atoms with Crippen molar-refractivity contribution in [3.05, 3.63) is 95.6 Å². The number of carbonyl (C=O) groups is 2. The first kappa shape index (κ1) is 20.4. The number of rotatable bonds is 6. The zero-order valence-electron chi connectivity index (χ0n) is 16.4. The molecule has 1 aliphatic heterocycles. The minimum atomic E-state index is -0.981. The van der Waals surface area contributed by atoms with E-state index in [1.807, 2.05) is 30.3 Å². The maximum Gasteiger partial charge on any atom is 0.335 e. The Balaban J connectivity index is 1.60. The number of amidine groups is 1. The number of carboxylic acids is 1. The first-order valence-corrected chi connectivity index (χ1v) is 10.3. The molecule has 0 bridgehead atoms. The van der Waals surface area contributed by atoms with E-state index in [4.69, 9.17) is 9.52 Å². The highest BCUT2D eigenvalue weighted by molar-refractivity contribution is 8.18. The number of carboxylic acid groups (broad SMARTS) is 1. The van der Waals surface area contributed by atoms with E-state index >= 15 is 0 Å². The normalized spacial score (nSPS) is 16.3. The average Bonchev–Trinajstić information content (AvgIpc) is 3.35. The molecule has 1 N–H and O–H groups in total. The molecule has 0 saturated carbocycles. The van der Waals surface area contributed by atoms with Gasteiger partial charge in [0, 0.05) is 18.2 Å². The molecule has 1 fully saturated rings. The van der Waals surface area contributed by atoms with Crippen LogP contribution in [-0.2, 0) is 4.79 Å². The van der Waals surface area contributed by atoms with Crippen molar-refractivity contribution in [2.75, 3.05) is 6.54 Å². The van der Waals surface area contributed by atoms with E-state index in [1.165, 1.54) is 23.9 Å². The van der Waals surface area contributed by atoms with Crippen molar-refractivity contribution in [1.82, 2.24) is 4.90 Å². The van der Waals surface area contributed by atoms with Gasteiger partial charge in [-0.1, -0.05) is 36.4 Å². The van der Waals surface area contributed by atoms with Crippen LogP contribution in [0.15, 0.2) is 93.7 Å². The summed E-state index contributed by atoms with van der Waals surface area (Å²) in [5.41, 5.74) is 1.72. The molecule has 154 valence electrons. The molecule has 0 unspecified atom stereocenters. The van der Waals surface area contributed by atoms with Crippen LogP contribution < -0.4 is 0 Å². The number of furan rings is 1. The molecule has 1 aliphatic rings. The molecule has 0 aliphatic carbocycles. The highest BCUT2D eigenvalue weighted by Gasteiger charge is 2.32. The lowest BCUT2D eigenvalue weighted by Crippen LogP contribution is -2.29. The molecule has 3 aromatic rings. The van der Waals surface area contributed by atoms with Crippen molar-refractivity contribution in [2.24, 2.45) is 4.99 Å². The summed E-state index contributed by atoms with van der Waals surface area (Å²) in [7, 11) is 0. The highest BCUT2D eigenvalue weighted by atomic mass is 32.2. The average molecular weight is 430 g/mol. The Morgan fingerprint density at radius 2 is 1.84 bits per heavy atom. The monoisotopic (exact) mass is 430 g/mol. The summed E-state index contributed by atoms with van der Waals surface area (Å²) >= 11 is 1.28. The Morgan fingerprint density at radius 1 is 1.10 bits per heavy atom. The third kappa shape index (κ3) is 4.51. The molecule has 0 radical (unpaired) electrons. The van der Waals surface area contributed by atoms with Crippen LogP contribution in [0, 0.1) is 0 Å². The molecule has 0 atom stereocenters. The van der Waals surface area contributed by atoms with Gasteiger partial charge in [-0.05, 0) is 48.2 Å². The zero-order valence-corrected chi connectivity index (χ0v) is 17.2. The second-order valence-electron chi connectivity index (χ2n) is 6.63. The third-order valence-corrected chi connectivity index (χ3v) is 5.50. The third-order valence-electron chi connectivity index (χ3n) is 4.50. The van der Waals surface area contributed by atoms with Gasteiger partial charge in [0.1, 0.15) is 11.5 Å². The summed E-state index contributed by atoms with van der Waals surface area (Å²) < 4.78 is 5.86. The fourth-order valence-corrected chi connectivity index (χ4v) is 3.97. The lowest BCUT2D eigenvalue weighted by Gasteiger charge is -2.12. The van der Waals surface area contributed by atoms with Crippen LogP contribution in [0.2, 0.25) is 0 Å². The molecule has 1 amide bonds. The van der Waals surface area contributed by atoms with E-state index in [-0.39, 0.29) is 11.5 Å². The molecule has 4 rings (SSSR count). The molecule has 2 heterocycles. The smallest absolute Gasteiger partial charge is 0.335 e. The first-order valence-electron chi connectivity index (χ1n) is 9.45.